The van der Waals surface area contributed by atoms with Crippen molar-refractivity contribution in [1.29, 1.82) is 0 Å². The van der Waals surface area contributed by atoms with E-state index < -0.39 is 0 Å². The van der Waals surface area contributed by atoms with Crippen LogP contribution in [0.5, 0.6) is 5.75 Å². The summed E-state index contributed by atoms with van der Waals surface area (Å²) in [5.41, 5.74) is 1.85. The van der Waals surface area contributed by atoms with Crippen molar-refractivity contribution in [3.8, 4) is 5.75 Å². The third-order valence-electron chi connectivity index (χ3n) is 4.86. The molecule has 1 aliphatic heterocycles. The van der Waals surface area contributed by atoms with E-state index in [0.29, 0.717) is 31.6 Å². The van der Waals surface area contributed by atoms with Gasteiger partial charge in [0.1, 0.15) is 11.6 Å². The summed E-state index contributed by atoms with van der Waals surface area (Å²) in [4.78, 5) is 16.6. The van der Waals surface area contributed by atoms with Crippen molar-refractivity contribution in [1.82, 2.24) is 9.80 Å². The number of piperazine rings is 1. The van der Waals surface area contributed by atoms with Crippen molar-refractivity contribution in [2.45, 2.75) is 19.4 Å². The van der Waals surface area contributed by atoms with Crippen molar-refractivity contribution >= 4 is 5.91 Å². The van der Waals surface area contributed by atoms with E-state index in [0.717, 1.165) is 30.8 Å². The Balaban J connectivity index is 1.43. The van der Waals surface area contributed by atoms with Crippen LogP contribution in [0.1, 0.15) is 17.5 Å². The number of nitrogens with zero attached hydrogens (tertiary/aromatic N) is 2. The molecule has 2 aromatic rings. The molecule has 0 spiro atoms. The van der Waals surface area contributed by atoms with Gasteiger partial charge in [-0.25, -0.2) is 4.39 Å². The van der Waals surface area contributed by atoms with Gasteiger partial charge in [-0.15, -0.1) is 0 Å². The number of amides is 1. The first-order valence-electron chi connectivity index (χ1n) is 9.02. The van der Waals surface area contributed by atoms with Crippen LogP contribution in [0.15, 0.2) is 48.5 Å². The van der Waals surface area contributed by atoms with Crippen molar-refractivity contribution in [2.75, 3.05) is 33.3 Å². The van der Waals surface area contributed by atoms with Crippen molar-refractivity contribution in [3.05, 3.63) is 65.5 Å². The zero-order valence-corrected chi connectivity index (χ0v) is 15.2. The van der Waals surface area contributed by atoms with Crippen molar-refractivity contribution in [2.24, 2.45) is 0 Å². The van der Waals surface area contributed by atoms with Crippen LogP contribution in [-0.4, -0.2) is 49.0 Å². The average molecular weight is 356 g/mol. The number of carbonyl (C=O) groups excluding carboxylic acids is 1. The third kappa shape index (κ3) is 4.82. The molecule has 138 valence electrons. The second-order valence-corrected chi connectivity index (χ2v) is 6.60. The zero-order chi connectivity index (χ0) is 18.4. The first-order chi connectivity index (χ1) is 12.7. The van der Waals surface area contributed by atoms with E-state index in [9.17, 15) is 9.18 Å². The quantitative estimate of drug-likeness (QED) is 0.797. The molecule has 0 aromatic heterocycles. The Morgan fingerprint density at radius 2 is 1.73 bits per heavy atom. The Kier molecular flexibility index (Phi) is 6.23. The number of hydrogen-bond donors (Lipinski definition) is 0. The predicted molar refractivity (Wildman–Crippen MR) is 99.6 cm³/mol. The molecule has 2 aromatic carbocycles. The number of benzene rings is 2. The lowest BCUT2D eigenvalue weighted by Crippen LogP contribution is -2.48. The normalized spacial score (nSPS) is 15.1. The van der Waals surface area contributed by atoms with Gasteiger partial charge in [0.05, 0.1) is 7.11 Å². The van der Waals surface area contributed by atoms with Crippen LogP contribution in [0.4, 0.5) is 4.39 Å². The average Bonchev–Trinajstić information content (AvgIpc) is 2.69. The Hall–Kier alpha value is -2.40. The molecule has 1 saturated heterocycles. The van der Waals surface area contributed by atoms with Crippen LogP contribution in [0.2, 0.25) is 0 Å². The highest BCUT2D eigenvalue weighted by atomic mass is 19.1. The first kappa shape index (κ1) is 18.4. The smallest absolute Gasteiger partial charge is 0.222 e. The van der Waals surface area contributed by atoms with E-state index in [2.05, 4.69) is 4.90 Å². The minimum absolute atomic E-state index is 0.162. The molecule has 1 amide bonds. The van der Waals surface area contributed by atoms with Crippen LogP contribution in [-0.2, 0) is 17.8 Å². The molecule has 0 N–H and O–H groups in total. The summed E-state index contributed by atoms with van der Waals surface area (Å²) in [6.07, 6.45) is 1.25. The minimum atomic E-state index is -0.162. The lowest BCUT2D eigenvalue weighted by molar-refractivity contribution is -0.133. The Bertz CT molecular complexity index is 725. The number of hydrogen-bond acceptors (Lipinski definition) is 3. The highest BCUT2D eigenvalue weighted by Gasteiger charge is 2.21. The predicted octanol–water partition coefficient (Wildman–Crippen LogP) is 3.11. The molecule has 26 heavy (non-hydrogen) atoms. The monoisotopic (exact) mass is 356 g/mol. The summed E-state index contributed by atoms with van der Waals surface area (Å²) < 4.78 is 18.9. The zero-order valence-electron chi connectivity index (χ0n) is 15.2. The standard InChI is InChI=1S/C21H25FN2O2/c1-26-19-9-6-17(7-10-19)8-11-21(25)24-14-12-23(13-15-24)16-18-4-2-3-5-20(18)22/h2-7,9-10H,8,11-16H2,1H3. The summed E-state index contributed by atoms with van der Waals surface area (Å²) in [6, 6.07) is 14.7. The largest absolute Gasteiger partial charge is 0.497 e. The van der Waals surface area contributed by atoms with E-state index in [1.54, 1.807) is 13.2 Å². The molecule has 1 heterocycles. The van der Waals surface area contributed by atoms with Gasteiger partial charge in [0.2, 0.25) is 5.91 Å². The molecule has 0 radical (unpaired) electrons. The van der Waals surface area contributed by atoms with E-state index in [-0.39, 0.29) is 11.7 Å². The van der Waals surface area contributed by atoms with Gasteiger partial charge < -0.3 is 9.64 Å². The fourth-order valence-corrected chi connectivity index (χ4v) is 3.22. The minimum Gasteiger partial charge on any atom is -0.497 e. The third-order valence-corrected chi connectivity index (χ3v) is 4.86. The van der Waals surface area contributed by atoms with Gasteiger partial charge in [0.15, 0.2) is 0 Å². The molecule has 1 fully saturated rings. The lowest BCUT2D eigenvalue weighted by atomic mass is 10.1. The number of aryl methyl sites for hydroxylation is 1. The summed E-state index contributed by atoms with van der Waals surface area (Å²) in [7, 11) is 1.64. The van der Waals surface area contributed by atoms with E-state index in [4.69, 9.17) is 4.74 Å². The lowest BCUT2D eigenvalue weighted by Gasteiger charge is -2.35. The molecule has 0 aliphatic carbocycles. The van der Waals surface area contributed by atoms with E-state index in [1.165, 1.54) is 6.07 Å². The first-order valence-corrected chi connectivity index (χ1v) is 9.02. The van der Waals surface area contributed by atoms with Gasteiger partial charge in [0.25, 0.3) is 0 Å². The number of ether oxygens (including phenoxy) is 1. The van der Waals surface area contributed by atoms with Crippen LogP contribution in [0.25, 0.3) is 0 Å². The SMILES string of the molecule is COc1ccc(CCC(=O)N2CCN(Cc3ccccc3F)CC2)cc1. The topological polar surface area (TPSA) is 32.8 Å². The number of methoxy groups -OCH3 is 1. The molecule has 0 unspecified atom stereocenters. The molecule has 0 atom stereocenters. The molecule has 0 bridgehead atoms. The maximum absolute atomic E-state index is 13.8. The number of carbonyl (C=O) groups is 1. The highest BCUT2D eigenvalue weighted by molar-refractivity contribution is 5.76. The van der Waals surface area contributed by atoms with Gasteiger partial charge in [-0.2, -0.15) is 0 Å². The maximum atomic E-state index is 13.8. The van der Waals surface area contributed by atoms with Crippen LogP contribution in [0, 0.1) is 5.82 Å². The number of rotatable bonds is 6. The molecular formula is C21H25FN2O2. The molecule has 5 heteroatoms. The van der Waals surface area contributed by atoms with Gasteiger partial charge >= 0.3 is 0 Å². The highest BCUT2D eigenvalue weighted by Crippen LogP contribution is 2.15. The summed E-state index contributed by atoms with van der Waals surface area (Å²) >= 11 is 0. The van der Waals surface area contributed by atoms with Crippen LogP contribution >= 0.6 is 0 Å². The molecule has 3 rings (SSSR count). The van der Waals surface area contributed by atoms with Crippen molar-refractivity contribution in [3.63, 3.8) is 0 Å². The number of halogens is 1. The van der Waals surface area contributed by atoms with E-state index in [1.807, 2.05) is 41.3 Å². The van der Waals surface area contributed by atoms with Gasteiger partial charge in [0, 0.05) is 44.7 Å². The van der Waals surface area contributed by atoms with Crippen LogP contribution < -0.4 is 4.74 Å². The van der Waals surface area contributed by atoms with Gasteiger partial charge in [-0.3, -0.25) is 9.69 Å². The second-order valence-electron chi connectivity index (χ2n) is 6.60. The molecule has 0 saturated carbocycles. The molecule has 1 aliphatic rings. The molecule has 4 nitrogen and oxygen atoms in total. The van der Waals surface area contributed by atoms with Gasteiger partial charge in [-0.05, 0) is 30.2 Å². The Labute approximate surface area is 154 Å². The maximum Gasteiger partial charge on any atom is 0.222 e. The summed E-state index contributed by atoms with van der Waals surface area (Å²) in [5, 5.41) is 0. The summed E-state index contributed by atoms with van der Waals surface area (Å²) in [5.74, 6) is 0.850. The fraction of sp³-hybridized carbons (Fsp3) is 0.381. The van der Waals surface area contributed by atoms with Crippen LogP contribution in [0.3, 0.4) is 0 Å². The Morgan fingerprint density at radius 1 is 1.04 bits per heavy atom. The van der Waals surface area contributed by atoms with Crippen molar-refractivity contribution < 1.29 is 13.9 Å². The van der Waals surface area contributed by atoms with Gasteiger partial charge in [-0.1, -0.05) is 30.3 Å². The van der Waals surface area contributed by atoms with E-state index >= 15 is 0 Å². The fourth-order valence-electron chi connectivity index (χ4n) is 3.22. The Morgan fingerprint density at radius 3 is 2.38 bits per heavy atom. The summed E-state index contributed by atoms with van der Waals surface area (Å²) in [6.45, 7) is 3.57. The second kappa shape index (κ2) is 8.81. The molecular weight excluding hydrogens is 331 g/mol.